The molecule has 7 nitrogen and oxygen atoms in total. The number of anilines is 1. The van der Waals surface area contributed by atoms with Gasteiger partial charge < -0.3 is 15.3 Å². The molecular formula is C21H17Cl2N5O2S. The number of amidine groups is 1. The van der Waals surface area contributed by atoms with Crippen LogP contribution >= 0.6 is 35.0 Å². The molecule has 1 fully saturated rings. The summed E-state index contributed by atoms with van der Waals surface area (Å²) in [5, 5.41) is 13.1. The highest BCUT2D eigenvalue weighted by molar-refractivity contribution is 8.18. The molecule has 0 aliphatic carbocycles. The van der Waals surface area contributed by atoms with E-state index >= 15 is 0 Å². The SMILES string of the molecule is CN(CCO)c1cnc2ccc(C=C3SC(=Nc4c(Cl)cccc4Cl)NC3=O)cc2n1. The van der Waals surface area contributed by atoms with E-state index in [-0.39, 0.29) is 12.5 Å². The fraction of sp³-hybridized carbons (Fsp3) is 0.143. The first-order valence-electron chi connectivity index (χ1n) is 9.27. The lowest BCUT2D eigenvalue weighted by Gasteiger charge is -2.16. The number of likely N-dealkylation sites (N-methyl/N-ethyl adjacent to an activating group) is 1. The number of aliphatic hydroxyl groups excluding tert-OH is 1. The zero-order chi connectivity index (χ0) is 22.0. The number of carbonyl (C=O) groups is 1. The highest BCUT2D eigenvalue weighted by Gasteiger charge is 2.24. The van der Waals surface area contributed by atoms with Crippen molar-refractivity contribution in [2.75, 3.05) is 25.1 Å². The maximum Gasteiger partial charge on any atom is 0.264 e. The Hall–Kier alpha value is -2.65. The molecule has 1 aliphatic heterocycles. The fourth-order valence-corrected chi connectivity index (χ4v) is 4.20. The van der Waals surface area contributed by atoms with Crippen LogP contribution in [0.1, 0.15) is 5.56 Å². The largest absolute Gasteiger partial charge is 0.395 e. The molecule has 0 saturated carbocycles. The predicted molar refractivity (Wildman–Crippen MR) is 127 cm³/mol. The number of carbonyl (C=O) groups excluding carboxylic acids is 1. The van der Waals surface area contributed by atoms with Gasteiger partial charge in [0.05, 0.1) is 38.8 Å². The molecule has 0 bridgehead atoms. The van der Waals surface area contributed by atoms with Crippen LogP contribution in [0.2, 0.25) is 10.0 Å². The summed E-state index contributed by atoms with van der Waals surface area (Å²) >= 11 is 13.5. The molecule has 2 N–H and O–H groups in total. The zero-order valence-electron chi connectivity index (χ0n) is 16.3. The van der Waals surface area contributed by atoms with Gasteiger partial charge in [0, 0.05) is 13.6 Å². The van der Waals surface area contributed by atoms with Crippen molar-refractivity contribution < 1.29 is 9.90 Å². The van der Waals surface area contributed by atoms with Crippen molar-refractivity contribution in [1.29, 1.82) is 0 Å². The lowest BCUT2D eigenvalue weighted by molar-refractivity contribution is -0.115. The highest BCUT2D eigenvalue weighted by Crippen LogP contribution is 2.35. The number of nitrogens with zero attached hydrogens (tertiary/aromatic N) is 4. The minimum atomic E-state index is -0.255. The van der Waals surface area contributed by atoms with E-state index in [0.29, 0.717) is 43.7 Å². The van der Waals surface area contributed by atoms with Crippen molar-refractivity contribution in [2.45, 2.75) is 0 Å². The summed E-state index contributed by atoms with van der Waals surface area (Å²) in [7, 11) is 1.84. The summed E-state index contributed by atoms with van der Waals surface area (Å²) in [6.45, 7) is 0.482. The quantitative estimate of drug-likeness (QED) is 0.538. The average molecular weight is 474 g/mol. The fourth-order valence-electron chi connectivity index (χ4n) is 2.89. The third-order valence-corrected chi connectivity index (χ3v) is 6.00. The molecule has 2 aromatic carbocycles. The van der Waals surface area contributed by atoms with Crippen molar-refractivity contribution in [2.24, 2.45) is 4.99 Å². The summed E-state index contributed by atoms with van der Waals surface area (Å²) in [6, 6.07) is 10.7. The van der Waals surface area contributed by atoms with Crippen LogP contribution in [-0.2, 0) is 4.79 Å². The monoisotopic (exact) mass is 473 g/mol. The minimum Gasteiger partial charge on any atom is -0.395 e. The van der Waals surface area contributed by atoms with Crippen LogP contribution < -0.4 is 10.2 Å². The van der Waals surface area contributed by atoms with Gasteiger partial charge in [0.1, 0.15) is 11.5 Å². The molecule has 0 unspecified atom stereocenters. The molecule has 0 radical (unpaired) electrons. The molecule has 10 heteroatoms. The Balaban J connectivity index is 1.62. The number of para-hydroxylation sites is 1. The van der Waals surface area contributed by atoms with Crippen LogP contribution in [0.15, 0.2) is 52.5 Å². The molecule has 1 saturated heterocycles. The number of halogens is 2. The molecule has 1 aliphatic rings. The van der Waals surface area contributed by atoms with Crippen molar-refractivity contribution >= 4 is 74.7 Å². The first-order valence-corrected chi connectivity index (χ1v) is 10.8. The van der Waals surface area contributed by atoms with Crippen molar-refractivity contribution in [3.63, 3.8) is 0 Å². The first kappa shape index (κ1) is 21.6. The maximum atomic E-state index is 12.4. The maximum absolute atomic E-state index is 12.4. The summed E-state index contributed by atoms with van der Waals surface area (Å²) in [5.41, 5.74) is 2.65. The molecule has 158 valence electrons. The van der Waals surface area contributed by atoms with Crippen LogP contribution in [-0.4, -0.2) is 46.3 Å². The summed E-state index contributed by atoms with van der Waals surface area (Å²) < 4.78 is 0. The number of aliphatic hydroxyl groups is 1. The van der Waals surface area contributed by atoms with Crippen LogP contribution in [0.4, 0.5) is 11.5 Å². The van der Waals surface area contributed by atoms with Crippen molar-refractivity contribution in [1.82, 2.24) is 15.3 Å². The second kappa shape index (κ2) is 9.23. The number of nitrogens with one attached hydrogen (secondary N) is 1. The molecular weight excluding hydrogens is 457 g/mol. The smallest absolute Gasteiger partial charge is 0.264 e. The Labute approximate surface area is 192 Å². The molecule has 3 aromatic rings. The number of aliphatic imine (C=N–C) groups is 1. The molecule has 4 rings (SSSR count). The van der Waals surface area contributed by atoms with E-state index in [1.165, 1.54) is 11.8 Å². The molecule has 31 heavy (non-hydrogen) atoms. The number of hydrogen-bond acceptors (Lipinski definition) is 7. The van der Waals surface area contributed by atoms with E-state index < -0.39 is 0 Å². The Morgan fingerprint density at radius 3 is 2.74 bits per heavy atom. The van der Waals surface area contributed by atoms with Gasteiger partial charge in [-0.05, 0) is 47.7 Å². The minimum absolute atomic E-state index is 0.0258. The lowest BCUT2D eigenvalue weighted by atomic mass is 10.1. The molecule has 2 heterocycles. The van der Waals surface area contributed by atoms with Gasteiger partial charge in [0.15, 0.2) is 5.17 Å². The number of amides is 1. The molecule has 1 amide bonds. The molecule has 0 atom stereocenters. The normalized spacial score (nSPS) is 16.3. The van der Waals surface area contributed by atoms with Gasteiger partial charge in [-0.1, -0.05) is 35.3 Å². The summed E-state index contributed by atoms with van der Waals surface area (Å²) in [6.07, 6.45) is 3.43. The van der Waals surface area contributed by atoms with Gasteiger partial charge in [-0.2, -0.15) is 0 Å². The predicted octanol–water partition coefficient (Wildman–Crippen LogP) is 4.26. The van der Waals surface area contributed by atoms with E-state index in [2.05, 4.69) is 20.3 Å². The second-order valence-corrected chi connectivity index (χ2v) is 8.52. The van der Waals surface area contributed by atoms with Gasteiger partial charge in [-0.25, -0.2) is 9.98 Å². The average Bonchev–Trinajstić information content (AvgIpc) is 3.09. The van der Waals surface area contributed by atoms with E-state index in [4.69, 9.17) is 28.3 Å². The van der Waals surface area contributed by atoms with E-state index in [1.54, 1.807) is 30.5 Å². The van der Waals surface area contributed by atoms with E-state index in [0.717, 1.165) is 11.1 Å². The van der Waals surface area contributed by atoms with Gasteiger partial charge in [0.2, 0.25) is 0 Å². The standard InChI is InChI=1S/C21H17Cl2N5O2S/c1-28(7-8-29)18-11-24-15-6-5-12(9-16(15)25-18)10-17-20(30)27-21(31-17)26-19-13(22)3-2-4-14(19)23/h2-6,9-11,29H,7-8H2,1H3,(H,26,27,30). The highest BCUT2D eigenvalue weighted by atomic mass is 35.5. The number of rotatable bonds is 5. The number of thioether (sulfide) groups is 1. The topological polar surface area (TPSA) is 90.7 Å². The number of aromatic nitrogens is 2. The van der Waals surface area contributed by atoms with Crippen LogP contribution in [0, 0.1) is 0 Å². The Morgan fingerprint density at radius 2 is 2.00 bits per heavy atom. The third kappa shape index (κ3) is 4.83. The van der Waals surface area contributed by atoms with Gasteiger partial charge in [-0.3, -0.25) is 9.78 Å². The second-order valence-electron chi connectivity index (χ2n) is 6.67. The number of fused-ring (bicyclic) bond motifs is 1. The first-order chi connectivity index (χ1) is 14.9. The Bertz CT molecular complexity index is 1210. The summed E-state index contributed by atoms with van der Waals surface area (Å²) in [5.74, 6) is 0.403. The van der Waals surface area contributed by atoms with Crippen molar-refractivity contribution in [3.8, 4) is 0 Å². The zero-order valence-corrected chi connectivity index (χ0v) is 18.7. The van der Waals surface area contributed by atoms with Crippen LogP contribution in [0.5, 0.6) is 0 Å². The van der Waals surface area contributed by atoms with E-state index in [9.17, 15) is 4.79 Å². The molecule has 1 aromatic heterocycles. The lowest BCUT2D eigenvalue weighted by Crippen LogP contribution is -2.22. The molecule has 0 spiro atoms. The number of hydrogen-bond donors (Lipinski definition) is 2. The van der Waals surface area contributed by atoms with Gasteiger partial charge >= 0.3 is 0 Å². The Kier molecular flexibility index (Phi) is 6.43. The Morgan fingerprint density at radius 1 is 1.23 bits per heavy atom. The van der Waals surface area contributed by atoms with Crippen molar-refractivity contribution in [3.05, 3.63) is 63.1 Å². The van der Waals surface area contributed by atoms with Gasteiger partial charge in [-0.15, -0.1) is 0 Å². The van der Waals surface area contributed by atoms with Crippen LogP contribution in [0.3, 0.4) is 0 Å². The third-order valence-electron chi connectivity index (χ3n) is 4.48. The van der Waals surface area contributed by atoms with Gasteiger partial charge in [0.25, 0.3) is 5.91 Å². The number of benzene rings is 2. The van der Waals surface area contributed by atoms with E-state index in [1.807, 2.05) is 30.1 Å². The van der Waals surface area contributed by atoms with Crippen LogP contribution in [0.25, 0.3) is 17.1 Å². The summed E-state index contributed by atoms with van der Waals surface area (Å²) in [4.78, 5) is 28.1.